The molecule has 0 aliphatic rings. The van der Waals surface area contributed by atoms with Gasteiger partial charge in [0.05, 0.1) is 17.3 Å². The number of carbonyl (C=O) groups excluding carboxylic acids is 2. The van der Waals surface area contributed by atoms with E-state index in [0.717, 1.165) is 27.8 Å². The average Bonchev–Trinajstić information content (AvgIpc) is 2.66. The molecule has 136 valence electrons. The molecular weight excluding hydrogens is 398 g/mol. The summed E-state index contributed by atoms with van der Waals surface area (Å²) in [7, 11) is 0. The van der Waals surface area contributed by atoms with Crippen molar-refractivity contribution in [2.75, 3.05) is 6.61 Å². The lowest BCUT2D eigenvalue weighted by molar-refractivity contribution is -0.139. The number of nitrogens with zero attached hydrogens (tertiary/aromatic N) is 1. The topological polar surface area (TPSA) is 79.8 Å². The summed E-state index contributed by atoms with van der Waals surface area (Å²) in [5.41, 5.74) is 3.87. The number of hydrogen-bond acceptors (Lipinski definition) is 4. The smallest absolute Gasteiger partial charge is 0.329 e. The van der Waals surface area contributed by atoms with E-state index in [1.807, 2.05) is 49.4 Å². The highest BCUT2D eigenvalue weighted by Gasteiger charge is 2.11. The van der Waals surface area contributed by atoms with Crippen molar-refractivity contribution in [2.24, 2.45) is 5.10 Å². The van der Waals surface area contributed by atoms with E-state index >= 15 is 0 Å². The first kappa shape index (κ1) is 19.7. The monoisotopic (exact) mass is 417 g/mol. The molecule has 2 amide bonds. The number of benzene rings is 2. The standard InChI is InChI=1S/C19H20BrN3O3/c1-2-10-26-17-9-8-15(11-16(17)20)13-22-23-19(25)18(24)21-12-14-6-4-3-5-7-14/h3-9,11,13H,2,10,12H2,1H3,(H,21,24)(H,23,25)/b22-13-. The second kappa shape index (κ2) is 10.4. The number of hydrazone groups is 1. The van der Waals surface area contributed by atoms with Crippen LogP contribution in [0.1, 0.15) is 24.5 Å². The molecule has 0 saturated heterocycles. The lowest BCUT2D eigenvalue weighted by Crippen LogP contribution is -2.37. The highest BCUT2D eigenvalue weighted by molar-refractivity contribution is 9.10. The minimum Gasteiger partial charge on any atom is -0.492 e. The van der Waals surface area contributed by atoms with Crippen molar-refractivity contribution in [3.05, 3.63) is 64.1 Å². The van der Waals surface area contributed by atoms with Gasteiger partial charge in [0.15, 0.2) is 0 Å². The first-order valence-electron chi connectivity index (χ1n) is 8.17. The maximum atomic E-state index is 11.7. The maximum Gasteiger partial charge on any atom is 0.329 e. The van der Waals surface area contributed by atoms with Crippen molar-refractivity contribution in [1.82, 2.24) is 10.7 Å². The number of rotatable bonds is 7. The highest BCUT2D eigenvalue weighted by atomic mass is 79.9. The molecule has 0 saturated carbocycles. The van der Waals surface area contributed by atoms with Gasteiger partial charge in [0.2, 0.25) is 0 Å². The summed E-state index contributed by atoms with van der Waals surface area (Å²) >= 11 is 3.43. The zero-order valence-electron chi connectivity index (χ0n) is 14.4. The minimum absolute atomic E-state index is 0.281. The van der Waals surface area contributed by atoms with Crippen LogP contribution in [0.25, 0.3) is 0 Å². The van der Waals surface area contributed by atoms with Gasteiger partial charge in [-0.3, -0.25) is 9.59 Å². The first-order chi connectivity index (χ1) is 12.6. The van der Waals surface area contributed by atoms with Gasteiger partial charge in [-0.25, -0.2) is 5.43 Å². The molecule has 26 heavy (non-hydrogen) atoms. The van der Waals surface area contributed by atoms with Crippen LogP contribution in [0.3, 0.4) is 0 Å². The van der Waals surface area contributed by atoms with E-state index in [1.54, 1.807) is 6.07 Å². The summed E-state index contributed by atoms with van der Waals surface area (Å²) in [4.78, 5) is 23.5. The zero-order chi connectivity index (χ0) is 18.8. The molecule has 0 fully saturated rings. The molecule has 0 heterocycles. The molecule has 0 aliphatic heterocycles. The van der Waals surface area contributed by atoms with Crippen LogP contribution in [0.15, 0.2) is 58.1 Å². The van der Waals surface area contributed by atoms with Crippen molar-refractivity contribution >= 4 is 34.0 Å². The fraction of sp³-hybridized carbons (Fsp3) is 0.211. The summed E-state index contributed by atoms with van der Waals surface area (Å²) < 4.78 is 6.36. The molecule has 0 aromatic heterocycles. The number of carbonyl (C=O) groups is 2. The zero-order valence-corrected chi connectivity index (χ0v) is 16.0. The van der Waals surface area contributed by atoms with Crippen LogP contribution in [0.2, 0.25) is 0 Å². The van der Waals surface area contributed by atoms with Gasteiger partial charge in [0.25, 0.3) is 0 Å². The van der Waals surface area contributed by atoms with Crippen LogP contribution >= 0.6 is 15.9 Å². The van der Waals surface area contributed by atoms with E-state index < -0.39 is 11.8 Å². The van der Waals surface area contributed by atoms with Gasteiger partial charge in [-0.15, -0.1) is 0 Å². The number of halogens is 1. The third-order valence-electron chi connectivity index (χ3n) is 3.30. The van der Waals surface area contributed by atoms with Gasteiger partial charge in [-0.1, -0.05) is 37.3 Å². The Balaban J connectivity index is 1.82. The molecule has 7 heteroatoms. The summed E-state index contributed by atoms with van der Waals surface area (Å²) in [5.74, 6) is -0.817. The number of amides is 2. The Labute approximate surface area is 160 Å². The Kier molecular flexibility index (Phi) is 7.82. The quantitative estimate of drug-likeness (QED) is 0.412. The Morgan fingerprint density at radius 2 is 1.92 bits per heavy atom. The predicted molar refractivity (Wildman–Crippen MR) is 104 cm³/mol. The normalized spacial score (nSPS) is 10.5. The highest BCUT2D eigenvalue weighted by Crippen LogP contribution is 2.25. The Hall–Kier alpha value is -2.67. The molecule has 6 nitrogen and oxygen atoms in total. The van der Waals surface area contributed by atoms with E-state index in [9.17, 15) is 9.59 Å². The van der Waals surface area contributed by atoms with Gasteiger partial charge in [0, 0.05) is 6.54 Å². The third-order valence-corrected chi connectivity index (χ3v) is 3.92. The Morgan fingerprint density at radius 1 is 1.15 bits per heavy atom. The van der Waals surface area contributed by atoms with Crippen molar-refractivity contribution in [3.8, 4) is 5.75 Å². The Morgan fingerprint density at radius 3 is 2.62 bits per heavy atom. The number of hydrogen-bond donors (Lipinski definition) is 2. The van der Waals surface area contributed by atoms with Crippen molar-refractivity contribution in [3.63, 3.8) is 0 Å². The van der Waals surface area contributed by atoms with Crippen LogP contribution < -0.4 is 15.5 Å². The van der Waals surface area contributed by atoms with Crippen LogP contribution in [0.4, 0.5) is 0 Å². The van der Waals surface area contributed by atoms with E-state index in [4.69, 9.17) is 4.74 Å². The summed E-state index contributed by atoms with van der Waals surface area (Å²) in [5, 5.41) is 6.34. The van der Waals surface area contributed by atoms with Gasteiger partial charge in [-0.2, -0.15) is 5.10 Å². The maximum absolute atomic E-state index is 11.7. The van der Waals surface area contributed by atoms with Crippen LogP contribution in [0.5, 0.6) is 5.75 Å². The van der Waals surface area contributed by atoms with Crippen LogP contribution in [-0.2, 0) is 16.1 Å². The fourth-order valence-electron chi connectivity index (χ4n) is 2.00. The molecule has 0 spiro atoms. The number of nitrogens with one attached hydrogen (secondary N) is 2. The van der Waals surface area contributed by atoms with Crippen molar-refractivity contribution < 1.29 is 14.3 Å². The largest absolute Gasteiger partial charge is 0.492 e. The molecule has 2 N–H and O–H groups in total. The van der Waals surface area contributed by atoms with Gasteiger partial charge >= 0.3 is 11.8 Å². The second-order valence-electron chi connectivity index (χ2n) is 5.41. The third kappa shape index (κ3) is 6.33. The van der Waals surface area contributed by atoms with Gasteiger partial charge in [-0.05, 0) is 51.7 Å². The van der Waals surface area contributed by atoms with Crippen LogP contribution in [-0.4, -0.2) is 24.6 Å². The fourth-order valence-corrected chi connectivity index (χ4v) is 2.51. The second-order valence-corrected chi connectivity index (χ2v) is 6.26. The van der Waals surface area contributed by atoms with E-state index in [1.165, 1.54) is 6.21 Å². The first-order valence-corrected chi connectivity index (χ1v) is 8.97. The van der Waals surface area contributed by atoms with Crippen LogP contribution in [0, 0.1) is 0 Å². The molecule has 0 bridgehead atoms. The van der Waals surface area contributed by atoms with Gasteiger partial charge in [0.1, 0.15) is 5.75 Å². The summed E-state index contributed by atoms with van der Waals surface area (Å²) in [6, 6.07) is 14.8. The van der Waals surface area contributed by atoms with E-state index in [2.05, 4.69) is 31.8 Å². The van der Waals surface area contributed by atoms with Gasteiger partial charge < -0.3 is 10.1 Å². The molecule has 2 aromatic rings. The SMILES string of the molecule is CCCOc1ccc(/C=N\NC(=O)C(=O)NCc2ccccc2)cc1Br. The lowest BCUT2D eigenvalue weighted by atomic mass is 10.2. The molecule has 0 unspecified atom stereocenters. The molecule has 0 aliphatic carbocycles. The summed E-state index contributed by atoms with van der Waals surface area (Å²) in [6.07, 6.45) is 2.38. The molecule has 2 rings (SSSR count). The molecule has 0 atom stereocenters. The minimum atomic E-state index is -0.820. The lowest BCUT2D eigenvalue weighted by Gasteiger charge is -2.07. The molecular formula is C19H20BrN3O3. The van der Waals surface area contributed by atoms with Crippen molar-refractivity contribution in [2.45, 2.75) is 19.9 Å². The number of ether oxygens (including phenoxy) is 1. The van der Waals surface area contributed by atoms with Crippen molar-refractivity contribution in [1.29, 1.82) is 0 Å². The molecule has 2 aromatic carbocycles. The predicted octanol–water partition coefficient (Wildman–Crippen LogP) is 3.00. The van der Waals surface area contributed by atoms with E-state index in [0.29, 0.717) is 6.61 Å². The molecule has 0 radical (unpaired) electrons. The summed E-state index contributed by atoms with van der Waals surface area (Å²) in [6.45, 7) is 2.96. The van der Waals surface area contributed by atoms with E-state index in [-0.39, 0.29) is 6.54 Å². The Bertz CT molecular complexity index is 779. The average molecular weight is 418 g/mol.